The average Bonchev–Trinajstić information content (AvgIpc) is 3.20. The van der Waals surface area contributed by atoms with Crippen molar-refractivity contribution in [2.75, 3.05) is 6.54 Å². The maximum atomic E-state index is 12.0. The third-order valence-electron chi connectivity index (χ3n) is 3.22. The molecule has 4 nitrogen and oxygen atoms in total. The monoisotopic (exact) mass is 302 g/mol. The predicted octanol–water partition coefficient (Wildman–Crippen LogP) is 1.98. The second-order valence-corrected chi connectivity index (χ2v) is 5.11. The minimum atomic E-state index is -4.70. The molecule has 0 spiro atoms. The molecule has 7 heteroatoms. The highest BCUT2D eigenvalue weighted by Gasteiger charge is 2.31. The number of alkyl halides is 3. The molecule has 3 N–H and O–H groups in total. The van der Waals surface area contributed by atoms with Gasteiger partial charge in [0, 0.05) is 12.6 Å². The molecule has 1 fully saturated rings. The van der Waals surface area contributed by atoms with Crippen molar-refractivity contribution in [2.45, 2.75) is 31.7 Å². The van der Waals surface area contributed by atoms with Crippen LogP contribution in [-0.2, 0) is 11.2 Å². The molecule has 1 amide bonds. The van der Waals surface area contributed by atoms with Crippen molar-refractivity contribution in [2.24, 2.45) is 11.7 Å². The molecule has 21 heavy (non-hydrogen) atoms. The normalized spacial score (nSPS) is 16.4. The number of carbonyl (C=O) groups is 1. The first-order valence-electron chi connectivity index (χ1n) is 6.72. The number of hydrogen-bond acceptors (Lipinski definition) is 3. The number of rotatable bonds is 6. The fourth-order valence-corrected chi connectivity index (χ4v) is 1.94. The van der Waals surface area contributed by atoms with Crippen LogP contribution in [0.1, 0.15) is 18.4 Å². The van der Waals surface area contributed by atoms with Gasteiger partial charge in [0.05, 0.1) is 5.92 Å². The van der Waals surface area contributed by atoms with E-state index in [0.29, 0.717) is 6.42 Å². The molecule has 0 aliphatic heterocycles. The Bertz CT molecular complexity index is 484. The molecule has 1 aromatic rings. The van der Waals surface area contributed by atoms with Crippen molar-refractivity contribution in [3.05, 3.63) is 29.8 Å². The van der Waals surface area contributed by atoms with Gasteiger partial charge in [-0.15, -0.1) is 13.2 Å². The van der Waals surface area contributed by atoms with E-state index in [4.69, 9.17) is 5.73 Å². The number of halogens is 3. The van der Waals surface area contributed by atoms with Crippen molar-refractivity contribution in [1.29, 1.82) is 0 Å². The molecule has 0 bridgehead atoms. The van der Waals surface area contributed by atoms with Gasteiger partial charge in [0.25, 0.3) is 0 Å². The quantitative estimate of drug-likeness (QED) is 0.844. The number of hydrogen-bond donors (Lipinski definition) is 2. The molecule has 1 aliphatic rings. The Kier molecular flexibility index (Phi) is 4.72. The SMILES string of the molecule is NCC(Cc1ccc(OC(F)(F)F)cc1)C(=O)NC1CC1. The maximum Gasteiger partial charge on any atom is 0.573 e. The number of nitrogens with two attached hydrogens (primary N) is 1. The number of carbonyl (C=O) groups excluding carboxylic acids is 1. The van der Waals surface area contributed by atoms with Crippen LogP contribution in [0.5, 0.6) is 5.75 Å². The van der Waals surface area contributed by atoms with E-state index in [1.807, 2.05) is 0 Å². The second-order valence-electron chi connectivity index (χ2n) is 5.11. The van der Waals surface area contributed by atoms with Gasteiger partial charge >= 0.3 is 6.36 Å². The van der Waals surface area contributed by atoms with E-state index in [1.54, 1.807) is 0 Å². The maximum absolute atomic E-state index is 12.0. The van der Waals surface area contributed by atoms with Gasteiger partial charge in [-0.2, -0.15) is 0 Å². The minimum absolute atomic E-state index is 0.101. The predicted molar refractivity (Wildman–Crippen MR) is 70.5 cm³/mol. The van der Waals surface area contributed by atoms with Crippen LogP contribution in [0.15, 0.2) is 24.3 Å². The lowest BCUT2D eigenvalue weighted by Gasteiger charge is -2.15. The van der Waals surface area contributed by atoms with Crippen molar-refractivity contribution in [1.82, 2.24) is 5.32 Å². The largest absolute Gasteiger partial charge is 0.573 e. The lowest BCUT2D eigenvalue weighted by Crippen LogP contribution is -2.37. The van der Waals surface area contributed by atoms with Crippen molar-refractivity contribution in [3.63, 3.8) is 0 Å². The van der Waals surface area contributed by atoms with Crippen LogP contribution in [0.2, 0.25) is 0 Å². The van der Waals surface area contributed by atoms with Gasteiger partial charge in [0.2, 0.25) is 5.91 Å². The zero-order valence-electron chi connectivity index (χ0n) is 11.3. The molecule has 0 heterocycles. The van der Waals surface area contributed by atoms with E-state index in [2.05, 4.69) is 10.1 Å². The standard InChI is InChI=1S/C14H17F3N2O2/c15-14(16,17)21-12-5-1-9(2-6-12)7-10(8-18)13(20)19-11-3-4-11/h1-2,5-6,10-11H,3-4,7-8,18H2,(H,19,20). The van der Waals surface area contributed by atoms with Crippen LogP contribution in [0.4, 0.5) is 13.2 Å². The van der Waals surface area contributed by atoms with Gasteiger partial charge in [-0.25, -0.2) is 0 Å². The van der Waals surface area contributed by atoms with Crippen LogP contribution in [0.25, 0.3) is 0 Å². The Hall–Kier alpha value is -1.76. The Balaban J connectivity index is 1.92. The summed E-state index contributed by atoms with van der Waals surface area (Å²) in [7, 11) is 0. The summed E-state index contributed by atoms with van der Waals surface area (Å²) in [4.78, 5) is 11.9. The van der Waals surface area contributed by atoms with E-state index in [1.165, 1.54) is 24.3 Å². The molecular weight excluding hydrogens is 285 g/mol. The van der Waals surface area contributed by atoms with Crippen LogP contribution in [0.3, 0.4) is 0 Å². The molecular formula is C14H17F3N2O2. The summed E-state index contributed by atoms with van der Waals surface area (Å²) >= 11 is 0. The number of amides is 1. The van der Waals surface area contributed by atoms with Crippen LogP contribution in [0, 0.1) is 5.92 Å². The second kappa shape index (κ2) is 6.34. The molecule has 1 atom stereocenters. The molecule has 2 rings (SSSR count). The third-order valence-corrected chi connectivity index (χ3v) is 3.22. The van der Waals surface area contributed by atoms with Gasteiger partial charge in [-0.1, -0.05) is 12.1 Å². The van der Waals surface area contributed by atoms with E-state index in [0.717, 1.165) is 18.4 Å². The molecule has 1 aromatic carbocycles. The first kappa shape index (κ1) is 15.6. The topological polar surface area (TPSA) is 64.3 Å². The van der Waals surface area contributed by atoms with E-state index >= 15 is 0 Å². The van der Waals surface area contributed by atoms with Crippen molar-refractivity contribution < 1.29 is 22.7 Å². The molecule has 0 radical (unpaired) electrons. The fourth-order valence-electron chi connectivity index (χ4n) is 1.94. The Morgan fingerprint density at radius 3 is 2.43 bits per heavy atom. The zero-order chi connectivity index (χ0) is 15.5. The smallest absolute Gasteiger partial charge is 0.406 e. The third kappa shape index (κ3) is 5.26. The molecule has 1 saturated carbocycles. The number of nitrogens with one attached hydrogen (secondary N) is 1. The summed E-state index contributed by atoms with van der Waals surface area (Å²) in [5.74, 6) is -0.756. The molecule has 116 valence electrons. The van der Waals surface area contributed by atoms with Gasteiger partial charge < -0.3 is 15.8 Å². The molecule has 0 saturated heterocycles. The van der Waals surface area contributed by atoms with E-state index in [9.17, 15) is 18.0 Å². The summed E-state index contributed by atoms with van der Waals surface area (Å²) in [5.41, 5.74) is 6.34. The molecule has 0 aromatic heterocycles. The van der Waals surface area contributed by atoms with E-state index < -0.39 is 6.36 Å². The van der Waals surface area contributed by atoms with Crippen LogP contribution < -0.4 is 15.8 Å². The lowest BCUT2D eigenvalue weighted by molar-refractivity contribution is -0.274. The highest BCUT2D eigenvalue weighted by Crippen LogP contribution is 2.24. The first-order valence-corrected chi connectivity index (χ1v) is 6.72. The lowest BCUT2D eigenvalue weighted by atomic mass is 9.98. The Morgan fingerprint density at radius 1 is 1.33 bits per heavy atom. The van der Waals surface area contributed by atoms with Gasteiger partial charge in [0.1, 0.15) is 5.75 Å². The Labute approximate surface area is 120 Å². The summed E-state index contributed by atoms with van der Waals surface area (Å²) < 4.78 is 39.9. The van der Waals surface area contributed by atoms with Crippen LogP contribution in [-0.4, -0.2) is 24.9 Å². The van der Waals surface area contributed by atoms with Gasteiger partial charge in [0.15, 0.2) is 0 Å². The van der Waals surface area contributed by atoms with E-state index in [-0.39, 0.29) is 30.2 Å². The van der Waals surface area contributed by atoms with Crippen molar-refractivity contribution >= 4 is 5.91 Å². The fraction of sp³-hybridized carbons (Fsp3) is 0.500. The zero-order valence-corrected chi connectivity index (χ0v) is 11.3. The number of benzene rings is 1. The summed E-state index contributed by atoms with van der Waals surface area (Å²) in [6, 6.07) is 5.74. The average molecular weight is 302 g/mol. The molecule has 1 aliphatic carbocycles. The summed E-state index contributed by atoms with van der Waals surface area (Å²) in [6.45, 7) is 0.194. The van der Waals surface area contributed by atoms with Gasteiger partial charge in [-0.3, -0.25) is 4.79 Å². The van der Waals surface area contributed by atoms with Gasteiger partial charge in [-0.05, 0) is 37.0 Å². The summed E-state index contributed by atoms with van der Waals surface area (Å²) in [6.07, 6.45) is -2.33. The Morgan fingerprint density at radius 2 is 1.95 bits per heavy atom. The van der Waals surface area contributed by atoms with Crippen LogP contribution >= 0.6 is 0 Å². The first-order chi connectivity index (χ1) is 9.87. The number of ether oxygens (including phenoxy) is 1. The van der Waals surface area contributed by atoms with Crippen molar-refractivity contribution in [3.8, 4) is 5.75 Å². The summed E-state index contributed by atoms with van der Waals surface area (Å²) in [5, 5.41) is 2.88. The molecule has 1 unspecified atom stereocenters. The highest BCUT2D eigenvalue weighted by molar-refractivity contribution is 5.79. The minimum Gasteiger partial charge on any atom is -0.406 e. The highest BCUT2D eigenvalue weighted by atomic mass is 19.4.